The Labute approximate surface area is 156 Å². The van der Waals surface area contributed by atoms with E-state index >= 15 is 0 Å². The minimum Gasteiger partial charge on any atom is -0.481 e. The second-order valence-corrected chi connectivity index (χ2v) is 6.25. The first-order valence-corrected chi connectivity index (χ1v) is 9.40. The molecule has 1 aliphatic heterocycles. The van der Waals surface area contributed by atoms with Crippen LogP contribution in [0.3, 0.4) is 0 Å². The highest BCUT2D eigenvalue weighted by molar-refractivity contribution is 5.80. The van der Waals surface area contributed by atoms with Gasteiger partial charge >= 0.3 is 0 Å². The molecule has 0 aromatic carbocycles. The standard InChI is InChI=1S/C19H32N4O3/c1-4-20-19(22-15-16-7-5-10-21-18(16)25-3)23-11-8-17(9-12-23)26-14-6-13-24-2/h5,7,10,17H,4,6,8-9,11-15H2,1-3H3,(H,20,22). The molecule has 7 nitrogen and oxygen atoms in total. The van der Waals surface area contributed by atoms with Gasteiger partial charge in [0.1, 0.15) is 0 Å². The van der Waals surface area contributed by atoms with Crippen LogP contribution < -0.4 is 10.1 Å². The van der Waals surface area contributed by atoms with Crippen molar-refractivity contribution in [2.75, 3.05) is 47.1 Å². The highest BCUT2D eigenvalue weighted by Gasteiger charge is 2.21. The summed E-state index contributed by atoms with van der Waals surface area (Å²) in [6, 6.07) is 3.91. The molecule has 0 aliphatic carbocycles. The molecule has 1 aromatic heterocycles. The van der Waals surface area contributed by atoms with Gasteiger partial charge in [-0.3, -0.25) is 0 Å². The maximum absolute atomic E-state index is 5.94. The predicted octanol–water partition coefficient (Wildman–Crippen LogP) is 2.07. The van der Waals surface area contributed by atoms with E-state index in [0.717, 1.165) is 63.6 Å². The molecular weight excluding hydrogens is 332 g/mol. The van der Waals surface area contributed by atoms with Crippen molar-refractivity contribution >= 4 is 5.96 Å². The number of methoxy groups -OCH3 is 2. The van der Waals surface area contributed by atoms with E-state index in [1.807, 2.05) is 12.1 Å². The summed E-state index contributed by atoms with van der Waals surface area (Å²) in [6.45, 7) is 6.91. The summed E-state index contributed by atoms with van der Waals surface area (Å²) in [5, 5.41) is 3.39. The van der Waals surface area contributed by atoms with E-state index in [0.29, 0.717) is 18.5 Å². The lowest BCUT2D eigenvalue weighted by Crippen LogP contribution is -2.47. The number of piperidine rings is 1. The Morgan fingerprint density at radius 1 is 1.31 bits per heavy atom. The number of nitrogens with one attached hydrogen (secondary N) is 1. The quantitative estimate of drug-likeness (QED) is 0.411. The van der Waals surface area contributed by atoms with Crippen LogP contribution in [-0.2, 0) is 16.0 Å². The average Bonchev–Trinajstić information content (AvgIpc) is 2.69. The summed E-state index contributed by atoms with van der Waals surface area (Å²) in [4.78, 5) is 11.3. The minimum absolute atomic E-state index is 0.337. The highest BCUT2D eigenvalue weighted by Crippen LogP contribution is 2.17. The van der Waals surface area contributed by atoms with Gasteiger partial charge < -0.3 is 24.4 Å². The van der Waals surface area contributed by atoms with Crippen molar-refractivity contribution in [1.29, 1.82) is 0 Å². The van der Waals surface area contributed by atoms with Crippen molar-refractivity contribution in [3.8, 4) is 5.88 Å². The summed E-state index contributed by atoms with van der Waals surface area (Å²) in [5.74, 6) is 1.58. The van der Waals surface area contributed by atoms with Gasteiger partial charge in [-0.05, 0) is 32.3 Å². The van der Waals surface area contributed by atoms with Crippen LogP contribution in [0.2, 0.25) is 0 Å². The third kappa shape index (κ3) is 6.46. The zero-order valence-corrected chi connectivity index (χ0v) is 16.2. The van der Waals surface area contributed by atoms with Crippen LogP contribution in [0.4, 0.5) is 0 Å². The van der Waals surface area contributed by atoms with Crippen molar-refractivity contribution in [3.05, 3.63) is 23.9 Å². The molecule has 2 rings (SSSR count). The lowest BCUT2D eigenvalue weighted by molar-refractivity contribution is 0.00990. The molecule has 1 saturated heterocycles. The molecule has 1 N–H and O–H groups in total. The van der Waals surface area contributed by atoms with Crippen molar-refractivity contribution in [3.63, 3.8) is 0 Å². The molecule has 0 spiro atoms. The number of aromatic nitrogens is 1. The van der Waals surface area contributed by atoms with Crippen LogP contribution in [0.15, 0.2) is 23.3 Å². The molecule has 0 bridgehead atoms. The maximum Gasteiger partial charge on any atom is 0.218 e. The summed E-state index contributed by atoms with van der Waals surface area (Å²) in [6.07, 6.45) is 5.06. The maximum atomic E-state index is 5.94. The Bertz CT molecular complexity index is 545. The second-order valence-electron chi connectivity index (χ2n) is 6.25. The van der Waals surface area contributed by atoms with Crippen LogP contribution >= 0.6 is 0 Å². The molecule has 7 heteroatoms. The van der Waals surface area contributed by atoms with Gasteiger partial charge in [-0.2, -0.15) is 0 Å². The molecule has 1 fully saturated rings. The normalized spacial score (nSPS) is 16.0. The van der Waals surface area contributed by atoms with E-state index < -0.39 is 0 Å². The molecule has 0 radical (unpaired) electrons. The molecular formula is C19H32N4O3. The zero-order chi connectivity index (χ0) is 18.6. The molecule has 0 saturated carbocycles. The number of pyridine rings is 1. The summed E-state index contributed by atoms with van der Waals surface area (Å²) >= 11 is 0. The fourth-order valence-corrected chi connectivity index (χ4v) is 3.00. The van der Waals surface area contributed by atoms with Gasteiger partial charge in [0.05, 0.1) is 19.8 Å². The van der Waals surface area contributed by atoms with Crippen LogP contribution in [0, 0.1) is 0 Å². The van der Waals surface area contributed by atoms with Gasteiger partial charge in [0.2, 0.25) is 5.88 Å². The monoisotopic (exact) mass is 364 g/mol. The molecule has 1 aromatic rings. The van der Waals surface area contributed by atoms with Gasteiger partial charge in [0.25, 0.3) is 0 Å². The van der Waals surface area contributed by atoms with Crippen LogP contribution in [-0.4, -0.2) is 69.0 Å². The topological polar surface area (TPSA) is 68.2 Å². The Kier molecular flexibility index (Phi) is 9.20. The van der Waals surface area contributed by atoms with Gasteiger partial charge in [0.15, 0.2) is 5.96 Å². The second kappa shape index (κ2) is 11.7. The summed E-state index contributed by atoms with van der Waals surface area (Å²) < 4.78 is 16.3. The number of likely N-dealkylation sites (tertiary alicyclic amines) is 1. The number of rotatable bonds is 9. The fraction of sp³-hybridized carbons (Fsp3) is 0.684. The molecule has 1 aliphatic rings. The predicted molar refractivity (Wildman–Crippen MR) is 103 cm³/mol. The third-order valence-corrected chi connectivity index (χ3v) is 4.37. The van der Waals surface area contributed by atoms with E-state index in [2.05, 4.69) is 22.1 Å². The number of aliphatic imine (C=N–C) groups is 1. The molecule has 2 heterocycles. The minimum atomic E-state index is 0.337. The van der Waals surface area contributed by atoms with Crippen molar-refractivity contribution in [2.24, 2.45) is 4.99 Å². The largest absolute Gasteiger partial charge is 0.481 e. The first-order chi connectivity index (χ1) is 12.8. The van der Waals surface area contributed by atoms with E-state index in [1.165, 1.54) is 0 Å². The lowest BCUT2D eigenvalue weighted by Gasteiger charge is -2.34. The molecule has 26 heavy (non-hydrogen) atoms. The first kappa shape index (κ1) is 20.5. The van der Waals surface area contributed by atoms with E-state index in [9.17, 15) is 0 Å². The summed E-state index contributed by atoms with van der Waals surface area (Å²) in [7, 11) is 3.36. The smallest absolute Gasteiger partial charge is 0.218 e. The first-order valence-electron chi connectivity index (χ1n) is 9.40. The Morgan fingerprint density at radius 3 is 2.81 bits per heavy atom. The molecule has 0 atom stereocenters. The fourth-order valence-electron chi connectivity index (χ4n) is 3.00. The van der Waals surface area contributed by atoms with Crippen LogP contribution in [0.1, 0.15) is 31.7 Å². The van der Waals surface area contributed by atoms with Gasteiger partial charge in [-0.15, -0.1) is 0 Å². The number of guanidine groups is 1. The molecule has 146 valence electrons. The van der Waals surface area contributed by atoms with Gasteiger partial charge in [-0.1, -0.05) is 6.07 Å². The summed E-state index contributed by atoms with van der Waals surface area (Å²) in [5.41, 5.74) is 0.988. The van der Waals surface area contributed by atoms with Gasteiger partial charge in [0, 0.05) is 51.7 Å². The van der Waals surface area contributed by atoms with Crippen LogP contribution in [0.5, 0.6) is 5.88 Å². The van der Waals surface area contributed by atoms with Crippen molar-refractivity contribution in [2.45, 2.75) is 38.8 Å². The average molecular weight is 364 g/mol. The molecule has 0 amide bonds. The van der Waals surface area contributed by atoms with E-state index in [4.69, 9.17) is 19.2 Å². The number of nitrogens with zero attached hydrogens (tertiary/aromatic N) is 3. The molecule has 0 unspecified atom stereocenters. The number of hydrogen-bond acceptors (Lipinski definition) is 5. The van der Waals surface area contributed by atoms with E-state index in [1.54, 1.807) is 20.4 Å². The SMILES string of the molecule is CCNC(=NCc1cccnc1OC)N1CCC(OCCCOC)CC1. The van der Waals surface area contributed by atoms with Crippen LogP contribution in [0.25, 0.3) is 0 Å². The highest BCUT2D eigenvalue weighted by atomic mass is 16.5. The third-order valence-electron chi connectivity index (χ3n) is 4.37. The zero-order valence-electron chi connectivity index (χ0n) is 16.2. The lowest BCUT2D eigenvalue weighted by atomic mass is 10.1. The van der Waals surface area contributed by atoms with Crippen molar-refractivity contribution in [1.82, 2.24) is 15.2 Å². The Hall–Kier alpha value is -1.86. The van der Waals surface area contributed by atoms with E-state index in [-0.39, 0.29) is 0 Å². The Morgan fingerprint density at radius 2 is 2.12 bits per heavy atom. The van der Waals surface area contributed by atoms with Gasteiger partial charge in [-0.25, -0.2) is 9.98 Å². The Balaban J connectivity index is 1.87. The number of hydrogen-bond donors (Lipinski definition) is 1. The van der Waals surface area contributed by atoms with Crippen molar-refractivity contribution < 1.29 is 14.2 Å². The number of ether oxygens (including phenoxy) is 3.